The highest BCUT2D eigenvalue weighted by Crippen LogP contribution is 2.36. The first-order chi connectivity index (χ1) is 10.4. The van der Waals surface area contributed by atoms with Gasteiger partial charge in [-0.25, -0.2) is 0 Å². The van der Waals surface area contributed by atoms with E-state index in [-0.39, 0.29) is 23.9 Å². The molecule has 1 N–H and O–H groups in total. The first kappa shape index (κ1) is 18.1. The zero-order valence-electron chi connectivity index (χ0n) is 12.9. The number of nitrogens with zero attached hydrogens (tertiary/aromatic N) is 1. The van der Waals surface area contributed by atoms with E-state index in [2.05, 4.69) is 0 Å². The normalized spacial score (nSPS) is 10.2. The first-order valence-electron chi connectivity index (χ1n) is 6.95. The average Bonchev–Trinajstić information content (AvgIpc) is 2.49. The van der Waals surface area contributed by atoms with Crippen LogP contribution in [0.1, 0.15) is 30.6 Å². The number of carbonyl (C=O) groups is 2. The third-order valence-corrected chi connectivity index (χ3v) is 3.31. The van der Waals surface area contributed by atoms with Crippen molar-refractivity contribution < 1.29 is 24.2 Å². The molecule has 6 nitrogen and oxygen atoms in total. The quantitative estimate of drug-likeness (QED) is 0.793. The lowest BCUT2D eigenvalue weighted by molar-refractivity contribution is -0.137. The minimum absolute atomic E-state index is 0.110. The highest BCUT2D eigenvalue weighted by Gasteiger charge is 2.20. The molecular formula is C15H20ClNO5. The molecule has 0 aliphatic heterocycles. The van der Waals surface area contributed by atoms with Gasteiger partial charge in [0, 0.05) is 18.7 Å². The van der Waals surface area contributed by atoms with Crippen LogP contribution in [0.25, 0.3) is 0 Å². The van der Waals surface area contributed by atoms with E-state index in [0.717, 1.165) is 0 Å². The van der Waals surface area contributed by atoms with Gasteiger partial charge in [0.05, 0.1) is 25.2 Å². The smallest absolute Gasteiger partial charge is 0.305 e. The number of carboxylic acid groups (broad SMARTS) is 1. The first-order valence-corrected chi connectivity index (χ1v) is 7.33. The van der Waals surface area contributed by atoms with E-state index in [1.165, 1.54) is 18.1 Å². The molecule has 0 aliphatic rings. The number of ether oxygens (including phenoxy) is 2. The fraction of sp³-hybridized carbons (Fsp3) is 0.467. The zero-order chi connectivity index (χ0) is 16.7. The fourth-order valence-corrected chi connectivity index (χ4v) is 2.21. The Morgan fingerprint density at radius 3 is 2.50 bits per heavy atom. The molecule has 0 saturated carbocycles. The second-order valence-electron chi connectivity index (χ2n) is 4.45. The summed E-state index contributed by atoms with van der Waals surface area (Å²) < 4.78 is 10.6. The third-order valence-electron chi connectivity index (χ3n) is 3.03. The van der Waals surface area contributed by atoms with Crippen molar-refractivity contribution in [3.8, 4) is 11.5 Å². The van der Waals surface area contributed by atoms with Crippen LogP contribution in [0.5, 0.6) is 11.5 Å². The molecule has 0 aliphatic carbocycles. The number of carboxylic acids is 1. The summed E-state index contributed by atoms with van der Waals surface area (Å²) in [4.78, 5) is 24.6. The fourth-order valence-electron chi connectivity index (χ4n) is 1.94. The number of benzene rings is 1. The predicted molar refractivity (Wildman–Crippen MR) is 83.0 cm³/mol. The van der Waals surface area contributed by atoms with E-state index in [1.54, 1.807) is 13.0 Å². The van der Waals surface area contributed by atoms with Gasteiger partial charge in [0.25, 0.3) is 5.91 Å². The number of halogens is 1. The van der Waals surface area contributed by atoms with Crippen LogP contribution in [0, 0.1) is 0 Å². The Balaban J connectivity index is 3.06. The monoisotopic (exact) mass is 329 g/mol. The Morgan fingerprint density at radius 1 is 1.32 bits per heavy atom. The van der Waals surface area contributed by atoms with Crippen LogP contribution in [-0.2, 0) is 4.79 Å². The van der Waals surface area contributed by atoms with E-state index in [1.807, 2.05) is 6.92 Å². The summed E-state index contributed by atoms with van der Waals surface area (Å²) in [7, 11) is 1.46. The zero-order valence-corrected chi connectivity index (χ0v) is 13.6. The van der Waals surface area contributed by atoms with Crippen molar-refractivity contribution in [1.82, 2.24) is 4.90 Å². The molecule has 122 valence electrons. The molecule has 0 bridgehead atoms. The third kappa shape index (κ3) is 4.53. The van der Waals surface area contributed by atoms with Crippen molar-refractivity contribution in [1.29, 1.82) is 0 Å². The molecule has 1 aromatic rings. The van der Waals surface area contributed by atoms with E-state index < -0.39 is 5.97 Å². The molecule has 1 aromatic carbocycles. The van der Waals surface area contributed by atoms with Gasteiger partial charge < -0.3 is 19.5 Å². The highest BCUT2D eigenvalue weighted by molar-refractivity contribution is 6.32. The molecule has 0 spiro atoms. The largest absolute Gasteiger partial charge is 0.493 e. The number of amides is 1. The van der Waals surface area contributed by atoms with Gasteiger partial charge in [0.15, 0.2) is 11.5 Å². The molecular weight excluding hydrogens is 310 g/mol. The van der Waals surface area contributed by atoms with Crippen LogP contribution in [0.15, 0.2) is 12.1 Å². The maximum Gasteiger partial charge on any atom is 0.305 e. The Bertz CT molecular complexity index is 547. The Morgan fingerprint density at radius 2 is 2.00 bits per heavy atom. The maximum atomic E-state index is 12.5. The predicted octanol–water partition coefficient (Wildman–Crippen LogP) is 2.68. The SMILES string of the molecule is CCOc1c(Cl)cc(C(=O)N(CC)CCC(=O)O)cc1OC. The molecule has 22 heavy (non-hydrogen) atoms. The molecule has 1 amide bonds. The number of carbonyl (C=O) groups excluding carboxylic acids is 1. The Labute approximate surface area is 134 Å². The van der Waals surface area contributed by atoms with Crippen molar-refractivity contribution in [3.63, 3.8) is 0 Å². The van der Waals surface area contributed by atoms with E-state index in [9.17, 15) is 9.59 Å². The summed E-state index contributed by atoms with van der Waals surface area (Å²) in [5.41, 5.74) is 0.331. The lowest BCUT2D eigenvalue weighted by Gasteiger charge is -2.21. The van der Waals surface area contributed by atoms with Gasteiger partial charge in [0.1, 0.15) is 0 Å². The van der Waals surface area contributed by atoms with Crippen molar-refractivity contribution in [2.75, 3.05) is 26.8 Å². The van der Waals surface area contributed by atoms with Gasteiger partial charge >= 0.3 is 5.97 Å². The van der Waals surface area contributed by atoms with Crippen molar-refractivity contribution >= 4 is 23.5 Å². The van der Waals surface area contributed by atoms with Gasteiger partial charge in [-0.05, 0) is 26.0 Å². The summed E-state index contributed by atoms with van der Waals surface area (Å²) in [6, 6.07) is 3.05. The van der Waals surface area contributed by atoms with E-state index >= 15 is 0 Å². The highest BCUT2D eigenvalue weighted by atomic mass is 35.5. The lowest BCUT2D eigenvalue weighted by atomic mass is 10.1. The van der Waals surface area contributed by atoms with Crippen molar-refractivity contribution in [2.45, 2.75) is 20.3 Å². The van der Waals surface area contributed by atoms with Crippen LogP contribution in [0.4, 0.5) is 0 Å². The van der Waals surface area contributed by atoms with Gasteiger partial charge in [-0.1, -0.05) is 11.6 Å². The maximum absolute atomic E-state index is 12.5. The molecule has 0 saturated heterocycles. The van der Waals surface area contributed by atoms with Crippen LogP contribution >= 0.6 is 11.6 Å². The standard InChI is InChI=1S/C15H20ClNO5/c1-4-17(7-6-13(18)19)15(20)10-8-11(16)14(22-5-2)12(9-10)21-3/h8-9H,4-7H2,1-3H3,(H,18,19). The molecule has 7 heteroatoms. The Hall–Kier alpha value is -1.95. The number of hydrogen-bond acceptors (Lipinski definition) is 4. The minimum atomic E-state index is -0.950. The number of methoxy groups -OCH3 is 1. The minimum Gasteiger partial charge on any atom is -0.493 e. The number of rotatable bonds is 8. The second-order valence-corrected chi connectivity index (χ2v) is 4.86. The number of aliphatic carboxylic acids is 1. The van der Waals surface area contributed by atoms with Gasteiger partial charge in [-0.15, -0.1) is 0 Å². The Kier molecular flexibility index (Phi) is 6.98. The average molecular weight is 330 g/mol. The van der Waals surface area contributed by atoms with E-state index in [4.69, 9.17) is 26.2 Å². The topological polar surface area (TPSA) is 76.1 Å². The number of hydrogen-bond donors (Lipinski definition) is 1. The molecule has 0 fully saturated rings. The molecule has 0 heterocycles. The lowest BCUT2D eigenvalue weighted by Crippen LogP contribution is -2.32. The summed E-state index contributed by atoms with van der Waals surface area (Å²) >= 11 is 6.14. The van der Waals surface area contributed by atoms with Crippen LogP contribution in [0.3, 0.4) is 0 Å². The summed E-state index contributed by atoms with van der Waals surface area (Å²) in [6.07, 6.45) is -0.110. The van der Waals surface area contributed by atoms with Gasteiger partial charge in [-0.3, -0.25) is 9.59 Å². The van der Waals surface area contributed by atoms with Crippen molar-refractivity contribution in [3.05, 3.63) is 22.7 Å². The van der Waals surface area contributed by atoms with Crippen LogP contribution in [0.2, 0.25) is 5.02 Å². The summed E-state index contributed by atoms with van der Waals surface area (Å²) in [5.74, 6) is -0.496. The van der Waals surface area contributed by atoms with Crippen LogP contribution in [-0.4, -0.2) is 48.7 Å². The van der Waals surface area contributed by atoms with Gasteiger partial charge in [-0.2, -0.15) is 0 Å². The summed E-state index contributed by atoms with van der Waals surface area (Å²) in [6.45, 7) is 4.56. The van der Waals surface area contributed by atoms with Crippen molar-refractivity contribution in [2.24, 2.45) is 0 Å². The van der Waals surface area contributed by atoms with Gasteiger partial charge in [0.2, 0.25) is 0 Å². The van der Waals surface area contributed by atoms with E-state index in [0.29, 0.717) is 30.2 Å². The second kappa shape index (κ2) is 8.48. The molecule has 0 atom stereocenters. The molecule has 0 aromatic heterocycles. The summed E-state index contributed by atoms with van der Waals surface area (Å²) in [5, 5.41) is 9.01. The molecule has 0 radical (unpaired) electrons. The van der Waals surface area contributed by atoms with Crippen LogP contribution < -0.4 is 9.47 Å². The molecule has 1 rings (SSSR count). The molecule has 0 unspecified atom stereocenters.